The molecule has 1 aliphatic heterocycles. The van der Waals surface area contributed by atoms with Gasteiger partial charge in [0.25, 0.3) is 11.8 Å². The minimum absolute atomic E-state index is 0.0271. The Morgan fingerprint density at radius 2 is 1.88 bits per heavy atom. The van der Waals surface area contributed by atoms with Crippen LogP contribution in [0.4, 0.5) is 0 Å². The van der Waals surface area contributed by atoms with Gasteiger partial charge in [0.2, 0.25) is 0 Å². The topological polar surface area (TPSA) is 74.4 Å². The summed E-state index contributed by atoms with van der Waals surface area (Å²) in [4.78, 5) is 29.8. The predicted molar refractivity (Wildman–Crippen MR) is 99.5 cm³/mol. The van der Waals surface area contributed by atoms with Crippen LogP contribution < -0.4 is 10.1 Å². The standard InChI is InChI=1S/C20H25N3O3/c1-3-26-17-6-4-15(5-7-17)20(25)23-12-9-16(10-13-23)22-19(24)18-8-11-21-14(18)2/h4-8,11,16,21H,3,9-10,12-13H2,1-2H3,(H,22,24). The molecule has 6 nitrogen and oxygen atoms in total. The van der Waals surface area contributed by atoms with Crippen LogP contribution in [0.1, 0.15) is 46.2 Å². The quantitative estimate of drug-likeness (QED) is 0.866. The fourth-order valence-corrected chi connectivity index (χ4v) is 3.23. The number of ether oxygens (including phenoxy) is 1. The Morgan fingerprint density at radius 1 is 1.19 bits per heavy atom. The summed E-state index contributed by atoms with van der Waals surface area (Å²) in [5.74, 6) is 0.741. The van der Waals surface area contributed by atoms with E-state index in [-0.39, 0.29) is 17.9 Å². The predicted octanol–water partition coefficient (Wildman–Crippen LogP) is 2.76. The number of H-pyrrole nitrogens is 1. The van der Waals surface area contributed by atoms with Crippen LogP contribution in [0.5, 0.6) is 5.75 Å². The summed E-state index contributed by atoms with van der Waals surface area (Å²) >= 11 is 0. The molecule has 0 aliphatic carbocycles. The van der Waals surface area contributed by atoms with Crippen LogP contribution in [-0.2, 0) is 0 Å². The zero-order valence-electron chi connectivity index (χ0n) is 15.2. The fraction of sp³-hybridized carbons (Fsp3) is 0.400. The van der Waals surface area contributed by atoms with E-state index < -0.39 is 0 Å². The number of carbonyl (C=O) groups is 2. The van der Waals surface area contributed by atoms with E-state index in [1.165, 1.54) is 0 Å². The summed E-state index contributed by atoms with van der Waals surface area (Å²) in [6.07, 6.45) is 3.29. The first-order valence-corrected chi connectivity index (χ1v) is 9.05. The van der Waals surface area contributed by atoms with Crippen molar-refractivity contribution in [2.45, 2.75) is 32.7 Å². The maximum Gasteiger partial charge on any atom is 0.253 e. The molecule has 3 rings (SSSR count). The zero-order valence-corrected chi connectivity index (χ0v) is 15.2. The molecule has 0 radical (unpaired) electrons. The summed E-state index contributed by atoms with van der Waals surface area (Å²) in [5, 5.41) is 3.07. The second kappa shape index (κ2) is 8.08. The molecule has 2 aromatic rings. The third-order valence-corrected chi connectivity index (χ3v) is 4.73. The Morgan fingerprint density at radius 3 is 2.46 bits per heavy atom. The maximum atomic E-state index is 12.6. The van der Waals surface area contributed by atoms with Crippen molar-refractivity contribution in [1.82, 2.24) is 15.2 Å². The maximum absolute atomic E-state index is 12.6. The lowest BCUT2D eigenvalue weighted by molar-refractivity contribution is 0.0698. The van der Waals surface area contributed by atoms with Gasteiger partial charge in [0.15, 0.2) is 0 Å². The van der Waals surface area contributed by atoms with Gasteiger partial charge in [-0.1, -0.05) is 0 Å². The molecular weight excluding hydrogens is 330 g/mol. The number of benzene rings is 1. The second-order valence-corrected chi connectivity index (χ2v) is 6.51. The Balaban J connectivity index is 1.52. The molecule has 6 heteroatoms. The number of nitrogens with zero attached hydrogens (tertiary/aromatic N) is 1. The third-order valence-electron chi connectivity index (χ3n) is 4.73. The Bertz CT molecular complexity index is 759. The molecule has 0 saturated carbocycles. The van der Waals surface area contributed by atoms with Gasteiger partial charge < -0.3 is 19.9 Å². The molecular formula is C20H25N3O3. The number of hydrogen-bond donors (Lipinski definition) is 2. The number of carbonyl (C=O) groups excluding carboxylic acids is 2. The number of likely N-dealkylation sites (tertiary alicyclic amines) is 1. The number of piperidine rings is 1. The Labute approximate surface area is 153 Å². The normalized spacial score (nSPS) is 14.9. The van der Waals surface area contributed by atoms with Crippen molar-refractivity contribution in [1.29, 1.82) is 0 Å². The van der Waals surface area contributed by atoms with E-state index in [9.17, 15) is 9.59 Å². The molecule has 0 unspecified atom stereocenters. The van der Waals surface area contributed by atoms with Crippen LogP contribution in [0.3, 0.4) is 0 Å². The average molecular weight is 355 g/mol. The highest BCUT2D eigenvalue weighted by molar-refractivity contribution is 5.96. The summed E-state index contributed by atoms with van der Waals surface area (Å²) < 4.78 is 5.41. The van der Waals surface area contributed by atoms with Gasteiger partial charge >= 0.3 is 0 Å². The molecule has 0 bridgehead atoms. The lowest BCUT2D eigenvalue weighted by Gasteiger charge is -2.32. The van der Waals surface area contributed by atoms with Crippen LogP contribution in [0.25, 0.3) is 0 Å². The first-order valence-electron chi connectivity index (χ1n) is 9.05. The van der Waals surface area contributed by atoms with Gasteiger partial charge in [0.1, 0.15) is 5.75 Å². The molecule has 2 amide bonds. The second-order valence-electron chi connectivity index (χ2n) is 6.51. The number of rotatable bonds is 5. The number of aryl methyl sites for hydroxylation is 1. The highest BCUT2D eigenvalue weighted by Gasteiger charge is 2.25. The first-order chi connectivity index (χ1) is 12.6. The lowest BCUT2D eigenvalue weighted by atomic mass is 10.0. The van der Waals surface area contributed by atoms with Crippen molar-refractivity contribution in [3.63, 3.8) is 0 Å². The van der Waals surface area contributed by atoms with Crippen LogP contribution in [0.2, 0.25) is 0 Å². The minimum Gasteiger partial charge on any atom is -0.494 e. The molecule has 26 heavy (non-hydrogen) atoms. The van der Waals surface area contributed by atoms with Crippen LogP contribution in [0, 0.1) is 6.92 Å². The van der Waals surface area contributed by atoms with Crippen molar-refractivity contribution in [3.8, 4) is 5.75 Å². The highest BCUT2D eigenvalue weighted by Crippen LogP contribution is 2.17. The summed E-state index contributed by atoms with van der Waals surface area (Å²) in [6.45, 7) is 5.70. The number of aromatic amines is 1. The van der Waals surface area contributed by atoms with Crippen LogP contribution in [0.15, 0.2) is 36.5 Å². The summed E-state index contributed by atoms with van der Waals surface area (Å²) in [6, 6.07) is 9.13. The lowest BCUT2D eigenvalue weighted by Crippen LogP contribution is -2.46. The van der Waals surface area contributed by atoms with Gasteiger partial charge in [-0.2, -0.15) is 0 Å². The van der Waals surface area contributed by atoms with E-state index >= 15 is 0 Å². The molecule has 2 heterocycles. The van der Waals surface area contributed by atoms with Gasteiger partial charge in [0, 0.05) is 36.6 Å². The smallest absolute Gasteiger partial charge is 0.253 e. The highest BCUT2D eigenvalue weighted by atomic mass is 16.5. The van der Waals surface area contributed by atoms with Crippen LogP contribution >= 0.6 is 0 Å². The van der Waals surface area contributed by atoms with E-state index in [1.807, 2.05) is 30.9 Å². The molecule has 1 saturated heterocycles. The monoisotopic (exact) mass is 355 g/mol. The van der Waals surface area contributed by atoms with Crippen molar-refractivity contribution < 1.29 is 14.3 Å². The molecule has 1 fully saturated rings. The van der Waals surface area contributed by atoms with Gasteiger partial charge in [-0.3, -0.25) is 9.59 Å². The number of amides is 2. The SMILES string of the molecule is CCOc1ccc(C(=O)N2CCC(NC(=O)c3cc[nH]c3C)CC2)cc1. The van der Waals surface area contributed by atoms with Gasteiger partial charge in [-0.25, -0.2) is 0 Å². The van der Waals surface area contributed by atoms with E-state index in [1.54, 1.807) is 24.4 Å². The van der Waals surface area contributed by atoms with E-state index in [2.05, 4.69) is 10.3 Å². The molecule has 1 aliphatic rings. The van der Waals surface area contributed by atoms with E-state index in [0.29, 0.717) is 30.8 Å². The Kier molecular flexibility index (Phi) is 5.61. The molecule has 1 aromatic carbocycles. The van der Waals surface area contributed by atoms with Gasteiger partial charge in [0.05, 0.1) is 12.2 Å². The molecule has 1 aromatic heterocycles. The summed E-state index contributed by atoms with van der Waals surface area (Å²) in [7, 11) is 0. The molecule has 0 atom stereocenters. The van der Waals surface area contributed by atoms with Crippen molar-refractivity contribution >= 4 is 11.8 Å². The zero-order chi connectivity index (χ0) is 18.5. The number of nitrogens with one attached hydrogen (secondary N) is 2. The van der Waals surface area contributed by atoms with Crippen molar-refractivity contribution in [3.05, 3.63) is 53.3 Å². The fourth-order valence-electron chi connectivity index (χ4n) is 3.23. The van der Waals surface area contributed by atoms with E-state index in [0.717, 1.165) is 24.3 Å². The van der Waals surface area contributed by atoms with Gasteiger partial charge in [-0.05, 0) is 57.0 Å². The van der Waals surface area contributed by atoms with Crippen molar-refractivity contribution in [2.24, 2.45) is 0 Å². The average Bonchev–Trinajstić information content (AvgIpc) is 3.09. The van der Waals surface area contributed by atoms with Crippen LogP contribution in [-0.4, -0.2) is 47.4 Å². The Hall–Kier alpha value is -2.76. The third kappa shape index (κ3) is 4.07. The largest absolute Gasteiger partial charge is 0.494 e. The number of aromatic nitrogens is 1. The number of hydrogen-bond acceptors (Lipinski definition) is 3. The van der Waals surface area contributed by atoms with E-state index in [4.69, 9.17) is 4.74 Å². The van der Waals surface area contributed by atoms with Crippen molar-refractivity contribution in [2.75, 3.05) is 19.7 Å². The van der Waals surface area contributed by atoms with Gasteiger partial charge in [-0.15, -0.1) is 0 Å². The molecule has 138 valence electrons. The molecule has 2 N–H and O–H groups in total. The molecule has 0 spiro atoms. The summed E-state index contributed by atoms with van der Waals surface area (Å²) in [5.41, 5.74) is 2.21. The first kappa shape index (κ1) is 18.0. The minimum atomic E-state index is -0.0555.